The maximum Gasteiger partial charge on any atom is 0.114 e. The van der Waals surface area contributed by atoms with Crippen molar-refractivity contribution in [3.05, 3.63) is 18.8 Å². The first-order valence-electron chi connectivity index (χ1n) is 2.23. The molecule has 3 heteroatoms. The molecule has 0 fully saturated rings. The second-order valence-electron chi connectivity index (χ2n) is 1.52. The van der Waals surface area contributed by atoms with Crippen LogP contribution in [-0.4, -0.2) is 9.55 Å². The molecule has 0 unspecified atom stereocenters. The van der Waals surface area contributed by atoms with Gasteiger partial charge in [0.25, 0.3) is 0 Å². The van der Waals surface area contributed by atoms with Crippen molar-refractivity contribution in [2.75, 3.05) is 0 Å². The number of aryl methyl sites for hydroxylation is 1. The molecule has 0 amide bonds. The van der Waals surface area contributed by atoms with Crippen LogP contribution in [0, 0.1) is 6.26 Å². The molecule has 0 aliphatic heterocycles. The summed E-state index contributed by atoms with van der Waals surface area (Å²) in [5.41, 5.74) is 0. The van der Waals surface area contributed by atoms with Gasteiger partial charge >= 0.3 is 0 Å². The Hall–Kier alpha value is -0.440. The molecule has 0 aliphatic carbocycles. The lowest BCUT2D eigenvalue weighted by molar-refractivity contribution is 0.912. The van der Waals surface area contributed by atoms with Crippen LogP contribution >= 0.6 is 11.8 Å². The van der Waals surface area contributed by atoms with Gasteiger partial charge < -0.3 is 4.57 Å². The number of aromatic nitrogens is 2. The van der Waals surface area contributed by atoms with E-state index in [9.17, 15) is 0 Å². The highest BCUT2D eigenvalue weighted by Crippen LogP contribution is 2.10. The van der Waals surface area contributed by atoms with E-state index in [4.69, 9.17) is 0 Å². The number of rotatable bonds is 1. The van der Waals surface area contributed by atoms with Gasteiger partial charge in [-0.05, 0) is 0 Å². The molecule has 0 saturated carbocycles. The van der Waals surface area contributed by atoms with Crippen LogP contribution in [0.25, 0.3) is 0 Å². The van der Waals surface area contributed by atoms with Crippen molar-refractivity contribution in [3.63, 3.8) is 0 Å². The summed E-state index contributed by atoms with van der Waals surface area (Å²) in [6.07, 6.45) is 7.30. The van der Waals surface area contributed by atoms with Gasteiger partial charge in [-0.25, -0.2) is 4.98 Å². The van der Waals surface area contributed by atoms with E-state index in [1.54, 1.807) is 6.33 Å². The van der Waals surface area contributed by atoms with Gasteiger partial charge in [-0.1, -0.05) is 0 Å². The van der Waals surface area contributed by atoms with Crippen LogP contribution in [0.15, 0.2) is 17.6 Å². The zero-order valence-corrected chi connectivity index (χ0v) is 5.48. The quantitative estimate of drug-likeness (QED) is 0.529. The molecule has 0 aromatic carbocycles. The van der Waals surface area contributed by atoms with Crippen LogP contribution in [0.3, 0.4) is 0 Å². The van der Waals surface area contributed by atoms with Crippen LogP contribution in [-0.2, 0) is 7.05 Å². The monoisotopic (exact) mass is 127 g/mol. The molecule has 1 radical (unpaired) electrons. The molecular formula is C5H7N2S. The first-order valence-corrected chi connectivity index (χ1v) is 3.21. The maximum absolute atomic E-state index is 4.00. The Morgan fingerprint density at radius 3 is 2.88 bits per heavy atom. The second kappa shape index (κ2) is 2.22. The molecule has 0 saturated heterocycles. The summed E-state index contributed by atoms with van der Waals surface area (Å²) in [7, 11) is 1.94. The third kappa shape index (κ3) is 1.04. The highest BCUT2D eigenvalue weighted by atomic mass is 32.2. The van der Waals surface area contributed by atoms with E-state index in [2.05, 4.69) is 11.2 Å². The molecule has 2 nitrogen and oxygen atoms in total. The van der Waals surface area contributed by atoms with Crippen LogP contribution in [0.1, 0.15) is 0 Å². The van der Waals surface area contributed by atoms with Gasteiger partial charge in [0.2, 0.25) is 0 Å². The molecule has 0 spiro atoms. The zero-order valence-electron chi connectivity index (χ0n) is 4.66. The Balaban J connectivity index is 2.84. The van der Waals surface area contributed by atoms with Crippen LogP contribution < -0.4 is 0 Å². The minimum atomic E-state index is 0.965. The molecule has 0 aliphatic rings. The Kier molecular flexibility index (Phi) is 1.58. The molecule has 8 heavy (non-hydrogen) atoms. The SMILES string of the molecule is [CH2]Sc1cn(C)cn1. The summed E-state index contributed by atoms with van der Waals surface area (Å²) in [6.45, 7) is 0. The third-order valence-electron chi connectivity index (χ3n) is 0.829. The lowest BCUT2D eigenvalue weighted by atomic mass is 10.9. The van der Waals surface area contributed by atoms with Gasteiger partial charge in [0.15, 0.2) is 0 Å². The first-order chi connectivity index (χ1) is 3.83. The number of hydrogen-bond acceptors (Lipinski definition) is 2. The number of imidazole rings is 1. The molecule has 1 aromatic heterocycles. The van der Waals surface area contributed by atoms with E-state index >= 15 is 0 Å². The largest absolute Gasteiger partial charge is 0.339 e. The van der Waals surface area contributed by atoms with Crippen molar-refractivity contribution in [1.82, 2.24) is 9.55 Å². The van der Waals surface area contributed by atoms with Crippen molar-refractivity contribution in [2.45, 2.75) is 5.03 Å². The average molecular weight is 127 g/mol. The van der Waals surface area contributed by atoms with Crippen molar-refractivity contribution >= 4 is 11.8 Å². The van der Waals surface area contributed by atoms with E-state index in [0.29, 0.717) is 0 Å². The van der Waals surface area contributed by atoms with Crippen molar-refractivity contribution in [3.8, 4) is 0 Å². The topological polar surface area (TPSA) is 17.8 Å². The second-order valence-corrected chi connectivity index (χ2v) is 2.23. The summed E-state index contributed by atoms with van der Waals surface area (Å²) in [5.74, 6) is 0. The molecule has 0 N–H and O–H groups in total. The van der Waals surface area contributed by atoms with E-state index in [0.717, 1.165) is 5.03 Å². The van der Waals surface area contributed by atoms with Crippen molar-refractivity contribution in [1.29, 1.82) is 0 Å². The van der Waals surface area contributed by atoms with Crippen LogP contribution in [0.2, 0.25) is 0 Å². The van der Waals surface area contributed by atoms with Gasteiger partial charge in [-0.15, -0.1) is 11.8 Å². The summed E-state index contributed by atoms with van der Waals surface area (Å²) >= 11 is 1.41. The molecule has 1 rings (SSSR count). The van der Waals surface area contributed by atoms with Gasteiger partial charge in [-0.2, -0.15) is 0 Å². The molecule has 1 heterocycles. The highest BCUT2D eigenvalue weighted by Gasteiger charge is 1.88. The fourth-order valence-corrected chi connectivity index (χ4v) is 0.826. The summed E-state index contributed by atoms with van der Waals surface area (Å²) in [5, 5.41) is 0.965. The van der Waals surface area contributed by atoms with E-state index in [-0.39, 0.29) is 0 Å². The first kappa shape index (κ1) is 5.69. The van der Waals surface area contributed by atoms with Gasteiger partial charge in [-0.3, -0.25) is 0 Å². The lowest BCUT2D eigenvalue weighted by Gasteiger charge is -1.81. The normalized spacial score (nSPS) is 9.75. The molecular weight excluding hydrogens is 120 g/mol. The minimum absolute atomic E-state index is 0.965. The van der Waals surface area contributed by atoms with Gasteiger partial charge in [0.1, 0.15) is 5.03 Å². The standard InChI is InChI=1S/C5H7N2S/c1-7-3-5(8-2)6-4-7/h3-4H,2H2,1H3. The van der Waals surface area contributed by atoms with E-state index < -0.39 is 0 Å². The average Bonchev–Trinajstić information content (AvgIpc) is 2.14. The molecule has 0 atom stereocenters. The fourth-order valence-electron chi connectivity index (χ4n) is 0.463. The smallest absolute Gasteiger partial charge is 0.114 e. The number of hydrogen-bond donors (Lipinski definition) is 0. The summed E-state index contributed by atoms with van der Waals surface area (Å²) in [4.78, 5) is 4.00. The molecule has 0 bridgehead atoms. The Labute approximate surface area is 52.9 Å². The minimum Gasteiger partial charge on any atom is -0.339 e. The summed E-state index contributed by atoms with van der Waals surface area (Å²) < 4.78 is 1.90. The molecule has 43 valence electrons. The van der Waals surface area contributed by atoms with Crippen LogP contribution in [0.5, 0.6) is 0 Å². The van der Waals surface area contributed by atoms with E-state index in [1.807, 2.05) is 17.8 Å². The Morgan fingerprint density at radius 1 is 1.88 bits per heavy atom. The maximum atomic E-state index is 4.00. The number of nitrogens with zero attached hydrogens (tertiary/aromatic N) is 2. The summed E-state index contributed by atoms with van der Waals surface area (Å²) in [6, 6.07) is 0. The lowest BCUT2D eigenvalue weighted by Crippen LogP contribution is -1.76. The predicted molar refractivity (Wildman–Crippen MR) is 34.4 cm³/mol. The van der Waals surface area contributed by atoms with Gasteiger partial charge in [0.05, 0.1) is 6.33 Å². The fraction of sp³-hybridized carbons (Fsp3) is 0.200. The van der Waals surface area contributed by atoms with Gasteiger partial charge in [0, 0.05) is 19.5 Å². The number of thioether (sulfide) groups is 1. The Morgan fingerprint density at radius 2 is 2.62 bits per heavy atom. The highest BCUT2D eigenvalue weighted by molar-refractivity contribution is 8.00. The van der Waals surface area contributed by atoms with Crippen molar-refractivity contribution in [2.24, 2.45) is 7.05 Å². The van der Waals surface area contributed by atoms with E-state index in [1.165, 1.54) is 11.8 Å². The molecule has 1 aromatic rings. The predicted octanol–water partition coefficient (Wildman–Crippen LogP) is 1.30. The van der Waals surface area contributed by atoms with Crippen LogP contribution in [0.4, 0.5) is 0 Å². The zero-order chi connectivity index (χ0) is 5.98. The van der Waals surface area contributed by atoms with Crippen molar-refractivity contribution < 1.29 is 0 Å². The Bertz CT molecular complexity index is 171. The third-order valence-corrected chi connectivity index (χ3v) is 1.34.